The lowest BCUT2D eigenvalue weighted by atomic mass is 9.95. The van der Waals surface area contributed by atoms with Gasteiger partial charge in [0, 0.05) is 26.6 Å². The summed E-state index contributed by atoms with van der Waals surface area (Å²) in [6, 6.07) is -1.43. The van der Waals surface area contributed by atoms with Crippen LogP contribution in [0.4, 0.5) is 0 Å². The van der Waals surface area contributed by atoms with Gasteiger partial charge in [-0.3, -0.25) is 9.35 Å². The number of ether oxygens (including phenoxy) is 6. The third-order valence-electron chi connectivity index (χ3n) is 5.88. The van der Waals surface area contributed by atoms with E-state index in [2.05, 4.69) is 11.9 Å². The largest absolute Gasteiger partial charge is 0.479 e. The van der Waals surface area contributed by atoms with Crippen LogP contribution in [0.2, 0.25) is 0 Å². The molecule has 0 spiro atoms. The van der Waals surface area contributed by atoms with Crippen molar-refractivity contribution in [3.8, 4) is 0 Å². The number of aliphatic hydroxyl groups is 2. The summed E-state index contributed by atoms with van der Waals surface area (Å²) in [5.41, 5.74) is 0. The van der Waals surface area contributed by atoms with E-state index in [1.807, 2.05) is 0 Å². The highest BCUT2D eigenvalue weighted by Gasteiger charge is 2.55. The standard InChI is InChI=1S/C20H33NO17S2/c1-5-39(27,28)7-6-34-8-10-14(38-40(29,30)31)15(11(21-9(2)22)19(33-4)35-10)36-20-13(24)16(32-3)12(23)17(37-20)18(25)26/h5,10-17,19-20,23-24H,1,6-8H2,2-4H3,(H,21,22)(H,25,26)(H,29,30,31). The van der Waals surface area contributed by atoms with Crippen molar-refractivity contribution in [2.45, 2.75) is 68.3 Å². The van der Waals surface area contributed by atoms with Gasteiger partial charge in [0.1, 0.15) is 42.7 Å². The van der Waals surface area contributed by atoms with Crippen LogP contribution in [0.5, 0.6) is 0 Å². The van der Waals surface area contributed by atoms with Crippen LogP contribution >= 0.6 is 0 Å². The van der Waals surface area contributed by atoms with Gasteiger partial charge in [-0.1, -0.05) is 6.58 Å². The number of sulfone groups is 1. The average Bonchev–Trinajstić information content (AvgIpc) is 2.85. The average molecular weight is 624 g/mol. The Morgan fingerprint density at radius 2 is 1.65 bits per heavy atom. The third-order valence-corrected chi connectivity index (χ3v) is 7.59. The van der Waals surface area contributed by atoms with Crippen molar-refractivity contribution in [2.24, 2.45) is 0 Å². The molecule has 40 heavy (non-hydrogen) atoms. The van der Waals surface area contributed by atoms with E-state index in [1.54, 1.807) is 0 Å². The Kier molecular flexibility index (Phi) is 12.4. The van der Waals surface area contributed by atoms with Crippen LogP contribution in [-0.4, -0.2) is 143 Å². The van der Waals surface area contributed by atoms with Crippen LogP contribution < -0.4 is 5.32 Å². The predicted molar refractivity (Wildman–Crippen MR) is 128 cm³/mol. The van der Waals surface area contributed by atoms with Crippen molar-refractivity contribution in [3.63, 3.8) is 0 Å². The number of carboxylic acids is 1. The lowest BCUT2D eigenvalue weighted by Gasteiger charge is -2.48. The molecule has 2 aliphatic rings. The number of nitrogens with one attached hydrogen (secondary N) is 1. The van der Waals surface area contributed by atoms with Crippen LogP contribution in [0.25, 0.3) is 0 Å². The van der Waals surface area contributed by atoms with Gasteiger partial charge in [-0.15, -0.1) is 0 Å². The fourth-order valence-corrected chi connectivity index (χ4v) is 5.12. The molecule has 2 heterocycles. The fourth-order valence-electron chi connectivity index (χ4n) is 4.09. The molecule has 0 bridgehead atoms. The molecule has 1 amide bonds. The number of methoxy groups -OCH3 is 2. The predicted octanol–water partition coefficient (Wildman–Crippen LogP) is -3.44. The van der Waals surface area contributed by atoms with E-state index in [4.69, 9.17) is 32.6 Å². The topological polar surface area (TPSA) is 260 Å². The summed E-state index contributed by atoms with van der Waals surface area (Å²) in [5, 5.41) is 33.5. The first-order chi connectivity index (χ1) is 18.5. The van der Waals surface area contributed by atoms with Gasteiger partial charge < -0.3 is 49.1 Å². The molecule has 2 rings (SSSR count). The Hall–Kier alpha value is -1.82. The maximum absolute atomic E-state index is 12.0. The molecule has 0 aromatic carbocycles. The van der Waals surface area contributed by atoms with E-state index in [-0.39, 0.29) is 0 Å². The molecule has 232 valence electrons. The monoisotopic (exact) mass is 623 g/mol. The molecule has 2 aliphatic heterocycles. The molecule has 0 saturated carbocycles. The number of aliphatic hydroxyl groups excluding tert-OH is 2. The van der Waals surface area contributed by atoms with Gasteiger partial charge in [0.25, 0.3) is 0 Å². The van der Waals surface area contributed by atoms with Crippen LogP contribution in [0.1, 0.15) is 6.92 Å². The van der Waals surface area contributed by atoms with E-state index in [0.29, 0.717) is 5.41 Å². The molecular formula is C20H33NO17S2. The number of carboxylic acid groups (broad SMARTS) is 1. The summed E-state index contributed by atoms with van der Waals surface area (Å²) >= 11 is 0. The van der Waals surface area contributed by atoms with Crippen molar-refractivity contribution >= 4 is 32.1 Å². The summed E-state index contributed by atoms with van der Waals surface area (Å²) in [5.74, 6) is -2.84. The van der Waals surface area contributed by atoms with Crippen molar-refractivity contribution in [1.82, 2.24) is 5.32 Å². The van der Waals surface area contributed by atoms with Crippen molar-refractivity contribution in [3.05, 3.63) is 12.0 Å². The zero-order valence-corrected chi connectivity index (χ0v) is 23.2. The molecule has 0 aliphatic carbocycles. The minimum atomic E-state index is -5.27. The molecular weight excluding hydrogens is 590 g/mol. The number of amides is 1. The molecule has 20 heteroatoms. The van der Waals surface area contributed by atoms with Crippen LogP contribution in [-0.2, 0) is 62.4 Å². The summed E-state index contributed by atoms with van der Waals surface area (Å²) in [6.07, 6.45) is -15.7. The highest BCUT2D eigenvalue weighted by atomic mass is 32.3. The molecule has 10 unspecified atom stereocenters. The second kappa shape index (κ2) is 14.4. The lowest BCUT2D eigenvalue weighted by Crippen LogP contribution is -2.69. The van der Waals surface area contributed by atoms with Crippen LogP contribution in [0, 0.1) is 0 Å². The van der Waals surface area contributed by atoms with E-state index < -0.39 is 112 Å². The zero-order chi connectivity index (χ0) is 30.4. The molecule has 0 aromatic rings. The highest BCUT2D eigenvalue weighted by molar-refractivity contribution is 7.94. The minimum absolute atomic E-state index is 0.400. The highest BCUT2D eigenvalue weighted by Crippen LogP contribution is 2.32. The fraction of sp³-hybridized carbons (Fsp3) is 0.800. The van der Waals surface area contributed by atoms with Crippen LogP contribution in [0.15, 0.2) is 12.0 Å². The van der Waals surface area contributed by atoms with Crippen molar-refractivity contribution in [1.29, 1.82) is 0 Å². The zero-order valence-electron chi connectivity index (χ0n) is 21.6. The minimum Gasteiger partial charge on any atom is -0.479 e. The Bertz CT molecular complexity index is 1100. The van der Waals surface area contributed by atoms with E-state index in [9.17, 15) is 46.3 Å². The maximum Gasteiger partial charge on any atom is 0.397 e. The first kappa shape index (κ1) is 34.4. The number of hydrogen-bond acceptors (Lipinski definition) is 15. The molecule has 0 aromatic heterocycles. The smallest absolute Gasteiger partial charge is 0.397 e. The van der Waals surface area contributed by atoms with Crippen LogP contribution in [0.3, 0.4) is 0 Å². The van der Waals surface area contributed by atoms with Crippen molar-refractivity contribution < 1.29 is 78.9 Å². The normalized spacial score (nSPS) is 35.1. The number of hydrogen-bond donors (Lipinski definition) is 5. The lowest BCUT2D eigenvalue weighted by molar-refractivity contribution is -0.338. The molecule has 2 saturated heterocycles. The van der Waals surface area contributed by atoms with Gasteiger partial charge in [0.2, 0.25) is 5.91 Å². The van der Waals surface area contributed by atoms with E-state index in [0.717, 1.165) is 21.1 Å². The van der Waals surface area contributed by atoms with Gasteiger partial charge in [0.15, 0.2) is 28.5 Å². The Morgan fingerprint density at radius 3 is 2.15 bits per heavy atom. The van der Waals surface area contributed by atoms with Gasteiger partial charge in [-0.2, -0.15) is 8.42 Å². The molecule has 18 nitrogen and oxygen atoms in total. The number of carbonyl (C=O) groups is 2. The summed E-state index contributed by atoms with van der Waals surface area (Å²) < 4.78 is 93.3. The van der Waals surface area contributed by atoms with E-state index in [1.165, 1.54) is 0 Å². The first-order valence-corrected chi connectivity index (χ1v) is 14.6. The summed E-state index contributed by atoms with van der Waals surface area (Å²) in [7, 11) is -6.70. The molecule has 0 radical (unpaired) electrons. The Morgan fingerprint density at radius 1 is 1.00 bits per heavy atom. The van der Waals surface area contributed by atoms with Gasteiger partial charge in [-0.05, 0) is 0 Å². The van der Waals surface area contributed by atoms with Crippen molar-refractivity contribution in [2.75, 3.05) is 33.2 Å². The third kappa shape index (κ3) is 9.09. The van der Waals surface area contributed by atoms with Gasteiger partial charge in [0.05, 0.1) is 19.0 Å². The molecule has 10 atom stereocenters. The van der Waals surface area contributed by atoms with Gasteiger partial charge >= 0.3 is 16.4 Å². The Balaban J connectivity index is 2.47. The van der Waals surface area contributed by atoms with Gasteiger partial charge in [-0.25, -0.2) is 17.4 Å². The quantitative estimate of drug-likeness (QED) is 0.0930. The second-order valence-corrected chi connectivity index (χ2v) is 11.8. The molecule has 2 fully saturated rings. The first-order valence-electron chi connectivity index (χ1n) is 11.5. The summed E-state index contributed by atoms with van der Waals surface area (Å²) in [4.78, 5) is 23.6. The Labute approximate surface area is 229 Å². The number of rotatable bonds is 14. The molecule has 5 N–H and O–H groups in total. The number of aliphatic carboxylic acids is 1. The summed E-state index contributed by atoms with van der Waals surface area (Å²) in [6.45, 7) is 3.29. The maximum atomic E-state index is 12.0. The SMILES string of the molecule is C=CS(=O)(=O)CCOCC1OC(OC)C(NC(C)=O)C(OC2OC(C(=O)O)C(O)C(OC)C2O)C1OS(=O)(=O)O. The second-order valence-electron chi connectivity index (χ2n) is 8.65. The van der Waals surface area contributed by atoms with E-state index >= 15 is 0 Å². The number of carbonyl (C=O) groups excluding carboxylic acids is 1.